The molecule has 0 saturated heterocycles. The van der Waals surface area contributed by atoms with Gasteiger partial charge in [-0.3, -0.25) is 0 Å². The van der Waals surface area contributed by atoms with E-state index in [1.54, 1.807) is 0 Å². The lowest BCUT2D eigenvalue weighted by atomic mass is 10.1. The first kappa shape index (κ1) is 17.6. The zero-order chi connectivity index (χ0) is 18.5. The number of aliphatic hydroxyl groups excluding tert-OH is 1. The molecule has 0 aliphatic carbocycles. The Balaban J connectivity index is 1.32. The third kappa shape index (κ3) is 4.30. The maximum absolute atomic E-state index is 10.2. The number of aliphatic hydroxyl groups is 1. The van der Waals surface area contributed by atoms with Crippen LogP contribution in [0.15, 0.2) is 82.4 Å². The number of nitrogens with zero attached hydrogens (tertiary/aromatic N) is 2. The highest BCUT2D eigenvalue weighted by Gasteiger charge is 2.13. The number of fused-ring (bicyclic) bond motifs is 1. The number of hydrogen-bond donors (Lipinski definition) is 1. The van der Waals surface area contributed by atoms with Gasteiger partial charge in [-0.05, 0) is 23.6 Å². The predicted molar refractivity (Wildman–Crippen MR) is 106 cm³/mol. The van der Waals surface area contributed by atoms with Gasteiger partial charge in [0.25, 0.3) is 5.22 Å². The largest absolute Gasteiger partial charge is 0.490 e. The van der Waals surface area contributed by atoms with Gasteiger partial charge in [0.2, 0.25) is 5.89 Å². The summed E-state index contributed by atoms with van der Waals surface area (Å²) in [4.78, 5) is 0. The van der Waals surface area contributed by atoms with Gasteiger partial charge in [-0.2, -0.15) is 0 Å². The molecule has 0 amide bonds. The van der Waals surface area contributed by atoms with Crippen LogP contribution < -0.4 is 4.74 Å². The molecule has 5 nitrogen and oxygen atoms in total. The van der Waals surface area contributed by atoms with E-state index in [4.69, 9.17) is 9.15 Å². The summed E-state index contributed by atoms with van der Waals surface area (Å²) in [6, 6.07) is 23.5. The van der Waals surface area contributed by atoms with Gasteiger partial charge in [0.05, 0.1) is 6.10 Å². The minimum Gasteiger partial charge on any atom is -0.490 e. The van der Waals surface area contributed by atoms with Crippen molar-refractivity contribution in [3.8, 4) is 17.2 Å². The Labute approximate surface area is 161 Å². The minimum absolute atomic E-state index is 0.195. The summed E-state index contributed by atoms with van der Waals surface area (Å²) in [5.74, 6) is 1.64. The van der Waals surface area contributed by atoms with E-state index in [1.807, 2.05) is 72.8 Å². The lowest BCUT2D eigenvalue weighted by Gasteiger charge is -2.13. The van der Waals surface area contributed by atoms with Gasteiger partial charge >= 0.3 is 0 Å². The summed E-state index contributed by atoms with van der Waals surface area (Å²) >= 11 is 1.31. The molecule has 0 saturated carbocycles. The van der Waals surface area contributed by atoms with Gasteiger partial charge in [0, 0.05) is 16.7 Å². The van der Waals surface area contributed by atoms with Crippen molar-refractivity contribution in [2.75, 3.05) is 12.4 Å². The average molecular weight is 378 g/mol. The molecule has 4 aromatic rings. The number of benzene rings is 3. The summed E-state index contributed by atoms with van der Waals surface area (Å²) in [5.41, 5.74) is 0.872. The van der Waals surface area contributed by atoms with Crippen LogP contribution in [0.2, 0.25) is 0 Å². The van der Waals surface area contributed by atoms with Gasteiger partial charge in [-0.15, -0.1) is 10.2 Å². The van der Waals surface area contributed by atoms with Crippen LogP contribution in [0.5, 0.6) is 5.75 Å². The fourth-order valence-electron chi connectivity index (χ4n) is 2.69. The van der Waals surface area contributed by atoms with Crippen LogP contribution in [-0.2, 0) is 0 Å². The summed E-state index contributed by atoms with van der Waals surface area (Å²) in [7, 11) is 0. The van der Waals surface area contributed by atoms with E-state index in [1.165, 1.54) is 11.8 Å². The molecule has 0 unspecified atom stereocenters. The number of ether oxygens (including phenoxy) is 1. The van der Waals surface area contributed by atoms with Crippen LogP contribution in [0.25, 0.3) is 22.2 Å². The first-order valence-corrected chi connectivity index (χ1v) is 9.58. The number of rotatable bonds is 7. The zero-order valence-electron chi connectivity index (χ0n) is 14.5. The SMILES string of the molecule is O[C@@H](COc1cccc2ccccc12)CSc1nnc(-c2ccccc2)o1. The van der Waals surface area contributed by atoms with Crippen LogP contribution in [0.1, 0.15) is 0 Å². The second-order valence-electron chi connectivity index (χ2n) is 5.99. The first-order chi connectivity index (χ1) is 13.3. The highest BCUT2D eigenvalue weighted by molar-refractivity contribution is 7.99. The lowest BCUT2D eigenvalue weighted by molar-refractivity contribution is 0.127. The van der Waals surface area contributed by atoms with Crippen molar-refractivity contribution in [1.82, 2.24) is 10.2 Å². The van der Waals surface area contributed by atoms with E-state index < -0.39 is 6.10 Å². The third-order valence-corrected chi connectivity index (χ3v) is 4.97. The normalized spacial score (nSPS) is 12.2. The highest BCUT2D eigenvalue weighted by atomic mass is 32.2. The fourth-order valence-corrected chi connectivity index (χ4v) is 3.36. The minimum atomic E-state index is -0.652. The maximum atomic E-state index is 10.2. The van der Waals surface area contributed by atoms with Gasteiger partial charge in [0.1, 0.15) is 12.4 Å². The van der Waals surface area contributed by atoms with E-state index >= 15 is 0 Å². The molecule has 0 aliphatic rings. The zero-order valence-corrected chi connectivity index (χ0v) is 15.3. The van der Waals surface area contributed by atoms with Crippen molar-refractivity contribution in [3.63, 3.8) is 0 Å². The lowest BCUT2D eigenvalue weighted by Crippen LogP contribution is -2.20. The molecule has 1 atom stereocenters. The van der Waals surface area contributed by atoms with E-state index in [9.17, 15) is 5.11 Å². The molecule has 0 spiro atoms. The second kappa shape index (κ2) is 8.24. The molecule has 6 heteroatoms. The Morgan fingerprint density at radius 1 is 0.926 bits per heavy atom. The van der Waals surface area contributed by atoms with Crippen LogP contribution in [0.4, 0.5) is 0 Å². The van der Waals surface area contributed by atoms with Crippen LogP contribution in [0.3, 0.4) is 0 Å². The molecule has 0 fully saturated rings. The number of thioether (sulfide) groups is 1. The third-order valence-electron chi connectivity index (χ3n) is 4.01. The predicted octanol–water partition coefficient (Wildman–Crippen LogP) is 4.42. The van der Waals surface area contributed by atoms with E-state index in [-0.39, 0.29) is 6.61 Å². The standard InChI is InChI=1S/C21H18N2O3S/c24-17(13-25-19-12-6-10-15-7-4-5-11-18(15)19)14-27-21-23-22-20(26-21)16-8-2-1-3-9-16/h1-12,17,24H,13-14H2/t17-/m0/s1. The van der Waals surface area contributed by atoms with Crippen molar-refractivity contribution < 1.29 is 14.3 Å². The van der Waals surface area contributed by atoms with Gasteiger partial charge in [-0.25, -0.2) is 0 Å². The fraction of sp³-hybridized carbons (Fsp3) is 0.143. The van der Waals surface area contributed by atoms with E-state index in [0.29, 0.717) is 16.9 Å². The van der Waals surface area contributed by atoms with Crippen molar-refractivity contribution >= 4 is 22.5 Å². The first-order valence-electron chi connectivity index (χ1n) is 8.60. The molecule has 1 heterocycles. The summed E-state index contributed by atoms with van der Waals surface area (Å²) in [6.07, 6.45) is -0.652. The van der Waals surface area contributed by atoms with Crippen LogP contribution in [0, 0.1) is 0 Å². The Kier molecular flexibility index (Phi) is 5.37. The Morgan fingerprint density at radius 3 is 2.59 bits per heavy atom. The molecule has 136 valence electrons. The van der Waals surface area contributed by atoms with Crippen molar-refractivity contribution in [2.24, 2.45) is 0 Å². The Bertz CT molecular complexity index is 1010. The molecule has 4 rings (SSSR count). The molecule has 0 radical (unpaired) electrons. The van der Waals surface area contributed by atoms with Crippen LogP contribution >= 0.6 is 11.8 Å². The molecule has 0 bridgehead atoms. The number of hydrogen-bond acceptors (Lipinski definition) is 6. The topological polar surface area (TPSA) is 68.4 Å². The van der Waals surface area contributed by atoms with Crippen molar-refractivity contribution in [2.45, 2.75) is 11.3 Å². The van der Waals surface area contributed by atoms with Crippen LogP contribution in [-0.4, -0.2) is 33.8 Å². The molecular formula is C21H18N2O3S. The van der Waals surface area contributed by atoms with E-state index in [0.717, 1.165) is 22.1 Å². The smallest absolute Gasteiger partial charge is 0.276 e. The molecule has 1 N–H and O–H groups in total. The van der Waals surface area contributed by atoms with Crippen molar-refractivity contribution in [1.29, 1.82) is 0 Å². The maximum Gasteiger partial charge on any atom is 0.276 e. The quantitative estimate of drug-likeness (QED) is 0.480. The average Bonchev–Trinajstić information content (AvgIpc) is 3.20. The molecule has 0 aliphatic heterocycles. The van der Waals surface area contributed by atoms with E-state index in [2.05, 4.69) is 10.2 Å². The van der Waals surface area contributed by atoms with Gasteiger partial charge in [-0.1, -0.05) is 66.4 Å². The van der Waals surface area contributed by atoms with Crippen molar-refractivity contribution in [3.05, 3.63) is 72.8 Å². The summed E-state index contributed by atoms with van der Waals surface area (Å²) in [6.45, 7) is 0.195. The Morgan fingerprint density at radius 2 is 1.70 bits per heavy atom. The molecule has 1 aromatic heterocycles. The second-order valence-corrected chi connectivity index (χ2v) is 6.96. The van der Waals surface area contributed by atoms with Gasteiger partial charge < -0.3 is 14.3 Å². The highest BCUT2D eigenvalue weighted by Crippen LogP contribution is 2.26. The van der Waals surface area contributed by atoms with Gasteiger partial charge in [0.15, 0.2) is 0 Å². The summed E-state index contributed by atoms with van der Waals surface area (Å²) < 4.78 is 11.4. The number of aromatic nitrogens is 2. The summed E-state index contributed by atoms with van der Waals surface area (Å²) in [5, 5.41) is 20.9. The molecular weight excluding hydrogens is 360 g/mol. The monoisotopic (exact) mass is 378 g/mol. The Hall–Kier alpha value is -2.83. The molecule has 3 aromatic carbocycles. The molecule has 27 heavy (non-hydrogen) atoms.